The second kappa shape index (κ2) is 6.34. The molecule has 3 aromatic rings. The summed E-state index contributed by atoms with van der Waals surface area (Å²) in [5.41, 5.74) is 3.70. The van der Waals surface area contributed by atoms with Gasteiger partial charge in [0.05, 0.1) is 4.88 Å². The number of aromatic nitrogens is 3. The highest BCUT2D eigenvalue weighted by molar-refractivity contribution is 9.10. The van der Waals surface area contributed by atoms with Crippen molar-refractivity contribution in [3.05, 3.63) is 44.6 Å². The standard InChI is InChI=1S/C16H13BrN4OS2/c1-8-5-6-24-13(8)15-18-11-4-3-9(17)7-10(11)12-14(22-15)19-16(23-2)21-20-12/h3-7,15,18H,1-2H3/t15-/m0/s1. The second-order valence-electron chi connectivity index (χ2n) is 5.25. The molecule has 8 heteroatoms. The SMILES string of the molecule is CSc1nnc2c(n1)O[C@@H](c1sccc1C)Nc1ccc(Br)cc1-2. The van der Waals surface area contributed by atoms with Gasteiger partial charge in [0.2, 0.25) is 17.3 Å². The number of hydrogen-bond donors (Lipinski definition) is 1. The van der Waals surface area contributed by atoms with E-state index in [1.807, 2.05) is 24.5 Å². The molecule has 3 heterocycles. The van der Waals surface area contributed by atoms with Crippen molar-refractivity contribution in [1.82, 2.24) is 15.2 Å². The molecular formula is C16H13BrN4OS2. The van der Waals surface area contributed by atoms with E-state index in [0.29, 0.717) is 16.7 Å². The third-order valence-electron chi connectivity index (χ3n) is 3.71. The third kappa shape index (κ3) is 2.78. The van der Waals surface area contributed by atoms with E-state index in [1.165, 1.54) is 17.3 Å². The van der Waals surface area contributed by atoms with Crippen LogP contribution in [0, 0.1) is 6.92 Å². The topological polar surface area (TPSA) is 59.9 Å². The van der Waals surface area contributed by atoms with E-state index in [1.54, 1.807) is 11.3 Å². The highest BCUT2D eigenvalue weighted by Gasteiger charge is 2.27. The fourth-order valence-corrected chi connectivity index (χ4v) is 4.09. The second-order valence-corrected chi connectivity index (χ2v) is 7.89. The molecular weight excluding hydrogens is 408 g/mol. The summed E-state index contributed by atoms with van der Waals surface area (Å²) in [6.45, 7) is 2.08. The van der Waals surface area contributed by atoms with Gasteiger partial charge in [-0.15, -0.1) is 21.5 Å². The molecule has 0 bridgehead atoms. The van der Waals surface area contributed by atoms with Gasteiger partial charge in [-0.2, -0.15) is 4.98 Å². The Labute approximate surface area is 156 Å². The zero-order chi connectivity index (χ0) is 16.7. The molecule has 0 radical (unpaired) electrons. The molecule has 1 aromatic carbocycles. The van der Waals surface area contributed by atoms with Gasteiger partial charge in [0.1, 0.15) is 0 Å². The van der Waals surface area contributed by atoms with Crippen molar-refractivity contribution in [1.29, 1.82) is 0 Å². The van der Waals surface area contributed by atoms with Gasteiger partial charge >= 0.3 is 0 Å². The first kappa shape index (κ1) is 15.9. The van der Waals surface area contributed by atoms with E-state index >= 15 is 0 Å². The lowest BCUT2D eigenvalue weighted by molar-refractivity contribution is 0.228. The lowest BCUT2D eigenvalue weighted by Gasteiger charge is -2.18. The number of fused-ring (bicyclic) bond motifs is 3. The Bertz CT molecular complexity index is 915. The quantitative estimate of drug-likeness (QED) is 0.595. The van der Waals surface area contributed by atoms with Crippen LogP contribution in [-0.2, 0) is 0 Å². The van der Waals surface area contributed by atoms with Crippen LogP contribution in [0.3, 0.4) is 0 Å². The molecule has 0 saturated heterocycles. The van der Waals surface area contributed by atoms with E-state index in [-0.39, 0.29) is 6.23 Å². The van der Waals surface area contributed by atoms with Crippen LogP contribution in [0.4, 0.5) is 5.69 Å². The van der Waals surface area contributed by atoms with Crippen LogP contribution < -0.4 is 10.1 Å². The predicted molar refractivity (Wildman–Crippen MR) is 101 cm³/mol. The van der Waals surface area contributed by atoms with Crippen molar-refractivity contribution in [2.24, 2.45) is 0 Å². The molecule has 4 rings (SSSR count). The maximum absolute atomic E-state index is 6.20. The minimum absolute atomic E-state index is 0.308. The number of ether oxygens (including phenoxy) is 1. The van der Waals surface area contributed by atoms with Crippen molar-refractivity contribution in [3.8, 4) is 17.1 Å². The minimum atomic E-state index is -0.308. The lowest BCUT2D eigenvalue weighted by Crippen LogP contribution is -2.16. The van der Waals surface area contributed by atoms with Crippen molar-refractivity contribution in [2.45, 2.75) is 18.3 Å². The number of benzene rings is 1. The molecule has 5 nitrogen and oxygen atoms in total. The van der Waals surface area contributed by atoms with E-state index in [9.17, 15) is 0 Å². The summed E-state index contributed by atoms with van der Waals surface area (Å²) in [4.78, 5) is 5.65. The molecule has 0 aliphatic carbocycles. The normalized spacial score (nSPS) is 15.7. The number of anilines is 1. The molecule has 122 valence electrons. The van der Waals surface area contributed by atoms with Crippen LogP contribution in [-0.4, -0.2) is 21.4 Å². The number of nitrogens with zero attached hydrogens (tertiary/aromatic N) is 3. The largest absolute Gasteiger partial charge is 0.447 e. The molecule has 0 unspecified atom stereocenters. The Morgan fingerprint density at radius 3 is 2.92 bits per heavy atom. The summed E-state index contributed by atoms with van der Waals surface area (Å²) in [5, 5.41) is 14.6. The highest BCUT2D eigenvalue weighted by atomic mass is 79.9. The maximum Gasteiger partial charge on any atom is 0.247 e. The number of thiophene rings is 1. The number of nitrogens with one attached hydrogen (secondary N) is 1. The molecule has 1 atom stereocenters. The number of aryl methyl sites for hydroxylation is 1. The van der Waals surface area contributed by atoms with Gasteiger partial charge in [-0.05, 0) is 48.4 Å². The third-order valence-corrected chi connectivity index (χ3v) is 5.80. The van der Waals surface area contributed by atoms with Crippen LogP contribution >= 0.6 is 39.0 Å². The average molecular weight is 421 g/mol. The summed E-state index contributed by atoms with van der Waals surface area (Å²) < 4.78 is 7.17. The Hall–Kier alpha value is -1.64. The fraction of sp³-hybridized carbons (Fsp3) is 0.188. The van der Waals surface area contributed by atoms with Gasteiger partial charge in [0.25, 0.3) is 0 Å². The molecule has 2 aromatic heterocycles. The van der Waals surface area contributed by atoms with Crippen molar-refractivity contribution in [3.63, 3.8) is 0 Å². The summed E-state index contributed by atoms with van der Waals surface area (Å²) in [5.74, 6) is 0.497. The fourth-order valence-electron chi connectivity index (χ4n) is 2.53. The summed E-state index contributed by atoms with van der Waals surface area (Å²) in [7, 11) is 0. The van der Waals surface area contributed by atoms with Crippen molar-refractivity contribution < 1.29 is 4.74 Å². The Morgan fingerprint density at radius 2 is 2.17 bits per heavy atom. The maximum atomic E-state index is 6.20. The molecule has 24 heavy (non-hydrogen) atoms. The van der Waals surface area contributed by atoms with E-state index in [4.69, 9.17) is 4.74 Å². The summed E-state index contributed by atoms with van der Waals surface area (Å²) >= 11 is 6.63. The van der Waals surface area contributed by atoms with Crippen LogP contribution in [0.1, 0.15) is 16.7 Å². The molecule has 1 aliphatic heterocycles. The minimum Gasteiger partial charge on any atom is -0.447 e. The monoisotopic (exact) mass is 420 g/mol. The molecule has 1 N–H and O–H groups in total. The highest BCUT2D eigenvalue weighted by Crippen LogP contribution is 2.41. The van der Waals surface area contributed by atoms with Gasteiger partial charge in [-0.1, -0.05) is 27.7 Å². The predicted octanol–water partition coefficient (Wildman–Crippen LogP) is 4.90. The van der Waals surface area contributed by atoms with Crippen LogP contribution in [0.15, 0.2) is 39.3 Å². The number of hydrogen-bond acceptors (Lipinski definition) is 7. The van der Waals surface area contributed by atoms with Gasteiger partial charge in [-0.3, -0.25) is 0 Å². The smallest absolute Gasteiger partial charge is 0.247 e. The zero-order valence-corrected chi connectivity index (χ0v) is 16.1. The number of rotatable bonds is 2. The Morgan fingerprint density at radius 1 is 1.29 bits per heavy atom. The molecule has 0 saturated carbocycles. The van der Waals surface area contributed by atoms with Crippen LogP contribution in [0.2, 0.25) is 0 Å². The average Bonchev–Trinajstić information content (AvgIpc) is 2.94. The summed E-state index contributed by atoms with van der Waals surface area (Å²) in [6, 6.07) is 8.10. The first-order chi connectivity index (χ1) is 11.7. The van der Waals surface area contributed by atoms with Gasteiger partial charge in [0, 0.05) is 15.7 Å². The Kier molecular flexibility index (Phi) is 4.19. The molecule has 0 spiro atoms. The first-order valence-corrected chi connectivity index (χ1v) is 10.1. The zero-order valence-electron chi connectivity index (χ0n) is 12.9. The summed E-state index contributed by atoms with van der Waals surface area (Å²) in [6.07, 6.45) is 1.61. The number of halogens is 1. The van der Waals surface area contributed by atoms with Crippen molar-refractivity contribution >= 4 is 44.7 Å². The lowest BCUT2D eigenvalue weighted by atomic mass is 10.1. The number of thioether (sulfide) groups is 1. The molecule has 1 aliphatic rings. The van der Waals surface area contributed by atoms with Gasteiger partial charge < -0.3 is 10.1 Å². The van der Waals surface area contributed by atoms with E-state index in [2.05, 4.69) is 54.8 Å². The van der Waals surface area contributed by atoms with Crippen LogP contribution in [0.25, 0.3) is 11.3 Å². The van der Waals surface area contributed by atoms with Crippen molar-refractivity contribution in [2.75, 3.05) is 11.6 Å². The van der Waals surface area contributed by atoms with E-state index < -0.39 is 0 Å². The Balaban J connectivity index is 1.91. The first-order valence-electron chi connectivity index (χ1n) is 7.21. The molecule has 0 fully saturated rings. The van der Waals surface area contributed by atoms with Gasteiger partial charge in [0.15, 0.2) is 5.69 Å². The molecule has 0 amide bonds. The van der Waals surface area contributed by atoms with E-state index in [0.717, 1.165) is 20.6 Å². The van der Waals surface area contributed by atoms with Gasteiger partial charge in [-0.25, -0.2) is 0 Å². The van der Waals surface area contributed by atoms with Crippen LogP contribution in [0.5, 0.6) is 5.88 Å².